The minimum atomic E-state index is -4.56. The number of rotatable bonds is 6. The Morgan fingerprint density at radius 2 is 1.95 bits per heavy atom. The summed E-state index contributed by atoms with van der Waals surface area (Å²) in [5.41, 5.74) is 5.06. The molecule has 40 heavy (non-hydrogen) atoms. The van der Waals surface area contributed by atoms with Crippen LogP contribution in [0.25, 0.3) is 5.52 Å². The van der Waals surface area contributed by atoms with E-state index in [1.54, 1.807) is 10.8 Å². The summed E-state index contributed by atoms with van der Waals surface area (Å²) in [6.45, 7) is 4.97. The van der Waals surface area contributed by atoms with Crippen LogP contribution in [0.4, 0.5) is 13.2 Å². The van der Waals surface area contributed by atoms with Crippen molar-refractivity contribution in [3.63, 3.8) is 0 Å². The third-order valence-corrected chi connectivity index (χ3v) is 10.1. The zero-order chi connectivity index (χ0) is 28.2. The van der Waals surface area contributed by atoms with Gasteiger partial charge in [0, 0.05) is 37.4 Å². The second kappa shape index (κ2) is 10.7. The van der Waals surface area contributed by atoms with E-state index in [1.807, 2.05) is 7.05 Å². The van der Waals surface area contributed by atoms with E-state index in [4.69, 9.17) is 0 Å². The predicted molar refractivity (Wildman–Crippen MR) is 146 cm³/mol. The van der Waals surface area contributed by atoms with Crippen LogP contribution in [0.15, 0.2) is 23.3 Å². The van der Waals surface area contributed by atoms with Crippen molar-refractivity contribution in [3.05, 3.63) is 40.1 Å². The van der Waals surface area contributed by atoms with Gasteiger partial charge in [0.05, 0.1) is 29.5 Å². The topological polar surface area (TPSA) is 77.2 Å². The van der Waals surface area contributed by atoms with Gasteiger partial charge >= 0.3 is 11.9 Å². The number of hydrazine groups is 1. The van der Waals surface area contributed by atoms with Crippen LogP contribution in [-0.2, 0) is 12.7 Å². The highest BCUT2D eigenvalue weighted by atomic mass is 19.4. The number of imidazole rings is 1. The molecule has 0 spiro atoms. The minimum Gasteiger partial charge on any atom is -0.389 e. The summed E-state index contributed by atoms with van der Waals surface area (Å²) in [5, 5.41) is 11.5. The fraction of sp³-hybridized carbons (Fsp3) is 0.759. The van der Waals surface area contributed by atoms with Crippen molar-refractivity contribution in [1.29, 1.82) is 0 Å². The van der Waals surface area contributed by atoms with E-state index in [0.29, 0.717) is 31.1 Å². The maximum Gasteiger partial charge on any atom is 0.418 e. The molecule has 0 bridgehead atoms. The fourth-order valence-corrected chi connectivity index (χ4v) is 8.02. The molecule has 2 aromatic heterocycles. The third kappa shape index (κ3) is 5.24. The lowest BCUT2D eigenvalue weighted by atomic mass is 9.62. The zero-order valence-electron chi connectivity index (χ0n) is 23.6. The SMILES string of the molecule is C[C@H]1CCCN(Cc2cc(C(F)(F)F)c3cn(C4CCCC([C@H](C5NNCN5C)C5(O)CCC5)C4)c(=O)n3c2)C1. The number of nitrogens with one attached hydrogen (secondary N) is 2. The first kappa shape index (κ1) is 28.2. The van der Waals surface area contributed by atoms with E-state index in [0.717, 1.165) is 64.5 Å². The van der Waals surface area contributed by atoms with Gasteiger partial charge in [0.1, 0.15) is 0 Å². The molecular formula is C29H43F3N6O2. The van der Waals surface area contributed by atoms with Crippen LogP contribution in [0.3, 0.4) is 0 Å². The molecule has 4 fully saturated rings. The van der Waals surface area contributed by atoms with Crippen molar-refractivity contribution >= 4 is 5.52 Å². The Bertz CT molecular complexity index is 1270. The van der Waals surface area contributed by atoms with E-state index in [2.05, 4.69) is 27.6 Å². The first-order valence-electron chi connectivity index (χ1n) is 15.0. The lowest BCUT2D eigenvalue weighted by Gasteiger charge is -2.51. The number of aliphatic hydroxyl groups is 1. The van der Waals surface area contributed by atoms with Crippen molar-refractivity contribution in [2.24, 2.45) is 17.8 Å². The molecule has 2 saturated carbocycles. The number of hydrogen-bond donors (Lipinski definition) is 3. The molecule has 3 unspecified atom stereocenters. The molecule has 2 aliphatic carbocycles. The van der Waals surface area contributed by atoms with Crippen LogP contribution in [-0.4, -0.2) is 62.4 Å². The number of likely N-dealkylation sites (tertiary alicyclic amines) is 1. The smallest absolute Gasteiger partial charge is 0.389 e. The van der Waals surface area contributed by atoms with Crippen molar-refractivity contribution in [1.82, 2.24) is 29.6 Å². The van der Waals surface area contributed by atoms with Crippen LogP contribution >= 0.6 is 0 Å². The van der Waals surface area contributed by atoms with Crippen LogP contribution in [0.1, 0.15) is 81.9 Å². The number of aromatic nitrogens is 2. The van der Waals surface area contributed by atoms with Gasteiger partial charge in [-0.15, -0.1) is 0 Å². The quantitative estimate of drug-likeness (QED) is 0.494. The maximum atomic E-state index is 14.3. The summed E-state index contributed by atoms with van der Waals surface area (Å²) < 4.78 is 45.7. The molecule has 0 amide bonds. The van der Waals surface area contributed by atoms with Crippen LogP contribution in [0, 0.1) is 17.8 Å². The zero-order valence-corrected chi connectivity index (χ0v) is 23.6. The third-order valence-electron chi connectivity index (χ3n) is 10.1. The molecule has 2 saturated heterocycles. The number of hydrogen-bond acceptors (Lipinski definition) is 6. The first-order chi connectivity index (χ1) is 19.0. The second-order valence-electron chi connectivity index (χ2n) is 13.1. The summed E-state index contributed by atoms with van der Waals surface area (Å²) >= 11 is 0. The highest BCUT2D eigenvalue weighted by Crippen LogP contribution is 2.49. The van der Waals surface area contributed by atoms with E-state index in [1.165, 1.54) is 16.7 Å². The van der Waals surface area contributed by atoms with Crippen molar-refractivity contribution in [2.75, 3.05) is 26.8 Å². The number of pyridine rings is 1. The van der Waals surface area contributed by atoms with Crippen molar-refractivity contribution < 1.29 is 18.3 Å². The Labute approximate surface area is 233 Å². The normalized spacial score (nSPS) is 30.9. The van der Waals surface area contributed by atoms with E-state index in [9.17, 15) is 23.1 Å². The summed E-state index contributed by atoms with van der Waals surface area (Å²) in [6, 6.07) is 1.03. The molecule has 2 aliphatic heterocycles. The van der Waals surface area contributed by atoms with Gasteiger partial charge in [-0.2, -0.15) is 13.2 Å². The van der Waals surface area contributed by atoms with Gasteiger partial charge in [-0.3, -0.25) is 18.8 Å². The number of halogens is 3. The van der Waals surface area contributed by atoms with E-state index >= 15 is 0 Å². The highest BCUT2D eigenvalue weighted by Gasteiger charge is 2.52. The molecule has 4 heterocycles. The molecule has 6 rings (SSSR count). The molecule has 8 nitrogen and oxygen atoms in total. The van der Waals surface area contributed by atoms with Gasteiger partial charge in [-0.25, -0.2) is 15.6 Å². The minimum absolute atomic E-state index is 0.0268. The van der Waals surface area contributed by atoms with Crippen LogP contribution in [0.5, 0.6) is 0 Å². The Balaban J connectivity index is 1.32. The van der Waals surface area contributed by atoms with Crippen molar-refractivity contribution in [2.45, 2.75) is 95.2 Å². The average Bonchev–Trinajstić information content (AvgIpc) is 3.45. The highest BCUT2D eigenvalue weighted by molar-refractivity contribution is 5.56. The molecule has 11 heteroatoms. The van der Waals surface area contributed by atoms with Crippen LogP contribution < -0.4 is 16.5 Å². The standard InChI is InChI=1S/C29H43F3N6O2/c1-19-6-4-11-36(14-19)15-20-12-23(29(30,31)32)24-17-37(27(39)38(24)16-20)22-8-3-7-21(13-22)25(28(40)9-5-10-28)26-34-33-18-35(26)2/h12,16-17,19,21-22,25-26,33-34,40H,3-11,13-15,18H2,1-2H3/t19-,21?,22?,25+,26?/m0/s1. The van der Waals surface area contributed by atoms with E-state index < -0.39 is 23.0 Å². The summed E-state index contributed by atoms with van der Waals surface area (Å²) in [6.07, 6.45) is 6.34. The van der Waals surface area contributed by atoms with Crippen LogP contribution in [0.2, 0.25) is 0 Å². The maximum absolute atomic E-state index is 14.3. The Hall–Kier alpha value is -1.92. The van der Waals surface area contributed by atoms with Gasteiger partial charge in [0.15, 0.2) is 0 Å². The van der Waals surface area contributed by atoms with Gasteiger partial charge in [-0.1, -0.05) is 13.3 Å². The number of fused-ring (bicyclic) bond motifs is 1. The van der Waals surface area contributed by atoms with Crippen molar-refractivity contribution in [3.8, 4) is 0 Å². The summed E-state index contributed by atoms with van der Waals surface area (Å²) in [7, 11) is 2.03. The predicted octanol–water partition coefficient (Wildman–Crippen LogP) is 3.94. The Morgan fingerprint density at radius 1 is 1.15 bits per heavy atom. The molecular weight excluding hydrogens is 521 g/mol. The lowest BCUT2D eigenvalue weighted by molar-refractivity contribution is -0.136. The number of piperidine rings is 1. The van der Waals surface area contributed by atoms with Gasteiger partial charge in [0.25, 0.3) is 0 Å². The molecule has 4 aliphatic rings. The van der Waals surface area contributed by atoms with E-state index in [-0.39, 0.29) is 29.6 Å². The molecule has 3 N–H and O–H groups in total. The first-order valence-corrected chi connectivity index (χ1v) is 15.0. The molecule has 0 radical (unpaired) electrons. The molecule has 2 aromatic rings. The Morgan fingerprint density at radius 3 is 2.60 bits per heavy atom. The molecule has 0 aromatic carbocycles. The number of nitrogens with zero attached hydrogens (tertiary/aromatic N) is 4. The monoisotopic (exact) mass is 564 g/mol. The molecule has 222 valence electrons. The summed E-state index contributed by atoms with van der Waals surface area (Å²) in [5.74, 6) is 0.637. The fourth-order valence-electron chi connectivity index (χ4n) is 8.02. The van der Waals surface area contributed by atoms with Gasteiger partial charge < -0.3 is 5.11 Å². The van der Waals surface area contributed by atoms with Gasteiger partial charge in [0.2, 0.25) is 0 Å². The number of alkyl halides is 3. The molecule has 5 atom stereocenters. The van der Waals surface area contributed by atoms with Gasteiger partial charge in [-0.05, 0) is 88.4 Å². The average molecular weight is 565 g/mol. The lowest BCUT2D eigenvalue weighted by Crippen LogP contribution is -2.59. The summed E-state index contributed by atoms with van der Waals surface area (Å²) in [4.78, 5) is 18.1. The second-order valence-corrected chi connectivity index (χ2v) is 13.1. The Kier molecular flexibility index (Phi) is 7.57. The largest absolute Gasteiger partial charge is 0.418 e.